The first-order chi connectivity index (χ1) is 9.41. The molecule has 0 aliphatic heterocycles. The number of esters is 1. The monoisotopic (exact) mass is 346 g/mol. The molecule has 0 spiro atoms. The number of rotatable bonds is 4. The molecule has 20 heavy (non-hydrogen) atoms. The summed E-state index contributed by atoms with van der Waals surface area (Å²) >= 11 is 2.13. The van der Waals surface area contributed by atoms with Crippen LogP contribution in [0, 0.1) is 0 Å². The standard InChI is InChI=1S/C12H9BrF2N2O3/c1-2-19-10(18)8-5-3-4-7(6-8)9-16-11(20-17-9)12(13,14)15/h3-6H,2H2,1H3. The highest BCUT2D eigenvalue weighted by atomic mass is 79.9. The van der Waals surface area contributed by atoms with Crippen molar-refractivity contribution in [3.8, 4) is 11.4 Å². The van der Waals surface area contributed by atoms with Crippen molar-refractivity contribution in [1.82, 2.24) is 10.1 Å². The Balaban J connectivity index is 2.32. The Morgan fingerprint density at radius 1 is 1.50 bits per heavy atom. The quantitative estimate of drug-likeness (QED) is 0.627. The van der Waals surface area contributed by atoms with Crippen LogP contribution in [0.1, 0.15) is 23.2 Å². The Morgan fingerprint density at radius 2 is 2.25 bits per heavy atom. The number of carbonyl (C=O) groups is 1. The third-order valence-electron chi connectivity index (χ3n) is 2.30. The van der Waals surface area contributed by atoms with Gasteiger partial charge in [0.15, 0.2) is 0 Å². The maximum Gasteiger partial charge on any atom is 0.378 e. The smallest absolute Gasteiger partial charge is 0.378 e. The van der Waals surface area contributed by atoms with Gasteiger partial charge in [0.2, 0.25) is 5.82 Å². The largest absolute Gasteiger partial charge is 0.462 e. The van der Waals surface area contributed by atoms with Crippen LogP contribution in [0.5, 0.6) is 0 Å². The van der Waals surface area contributed by atoms with Gasteiger partial charge < -0.3 is 9.26 Å². The van der Waals surface area contributed by atoms with E-state index in [1.165, 1.54) is 6.07 Å². The molecule has 0 radical (unpaired) electrons. The maximum absolute atomic E-state index is 12.9. The van der Waals surface area contributed by atoms with E-state index in [0.717, 1.165) is 0 Å². The third-order valence-corrected chi connectivity index (χ3v) is 2.64. The van der Waals surface area contributed by atoms with Gasteiger partial charge in [-0.1, -0.05) is 17.3 Å². The molecule has 1 aromatic heterocycles. The van der Waals surface area contributed by atoms with Gasteiger partial charge in [-0.2, -0.15) is 13.8 Å². The Morgan fingerprint density at radius 3 is 2.85 bits per heavy atom. The zero-order chi connectivity index (χ0) is 14.8. The predicted octanol–water partition coefficient (Wildman–Crippen LogP) is 3.36. The van der Waals surface area contributed by atoms with E-state index in [4.69, 9.17) is 4.74 Å². The lowest BCUT2D eigenvalue weighted by atomic mass is 10.1. The first-order valence-electron chi connectivity index (χ1n) is 5.60. The predicted molar refractivity (Wildman–Crippen MR) is 68.5 cm³/mol. The Hall–Kier alpha value is -1.83. The van der Waals surface area contributed by atoms with E-state index in [-0.39, 0.29) is 18.0 Å². The summed E-state index contributed by atoms with van der Waals surface area (Å²) in [5, 5.41) is 3.45. The van der Waals surface area contributed by atoms with Crippen LogP contribution >= 0.6 is 15.9 Å². The molecule has 0 fully saturated rings. The number of alkyl halides is 3. The van der Waals surface area contributed by atoms with Crippen molar-refractivity contribution >= 4 is 21.9 Å². The average molecular weight is 347 g/mol. The van der Waals surface area contributed by atoms with Crippen LogP contribution < -0.4 is 0 Å². The first kappa shape index (κ1) is 14.6. The van der Waals surface area contributed by atoms with Crippen LogP contribution in [0.3, 0.4) is 0 Å². The molecule has 8 heteroatoms. The van der Waals surface area contributed by atoms with Crippen molar-refractivity contribution in [1.29, 1.82) is 0 Å². The van der Waals surface area contributed by atoms with Crippen LogP contribution in [-0.2, 0) is 9.57 Å². The van der Waals surface area contributed by atoms with Gasteiger partial charge in [0.05, 0.1) is 12.2 Å². The summed E-state index contributed by atoms with van der Waals surface area (Å²) in [4.78, 5) is 11.8. The fourth-order valence-electron chi connectivity index (χ4n) is 1.46. The lowest BCUT2D eigenvalue weighted by Crippen LogP contribution is -2.04. The van der Waals surface area contributed by atoms with Gasteiger partial charge in [0, 0.05) is 21.5 Å². The summed E-state index contributed by atoms with van der Waals surface area (Å²) in [6.45, 7) is 1.93. The number of benzene rings is 1. The molecule has 0 amide bonds. The highest BCUT2D eigenvalue weighted by Gasteiger charge is 2.34. The number of halogens is 3. The Bertz CT molecular complexity index is 625. The average Bonchev–Trinajstić information content (AvgIpc) is 2.89. The summed E-state index contributed by atoms with van der Waals surface area (Å²) < 4.78 is 35.2. The van der Waals surface area contributed by atoms with Gasteiger partial charge in [-0.15, -0.1) is 0 Å². The molecule has 5 nitrogen and oxygen atoms in total. The molecule has 0 unspecified atom stereocenters. The van der Waals surface area contributed by atoms with E-state index in [0.29, 0.717) is 5.56 Å². The van der Waals surface area contributed by atoms with Crippen LogP contribution in [0.25, 0.3) is 11.4 Å². The molecular formula is C12H9BrF2N2O3. The van der Waals surface area contributed by atoms with Gasteiger partial charge in [0.25, 0.3) is 0 Å². The second kappa shape index (κ2) is 5.66. The summed E-state index contributed by atoms with van der Waals surface area (Å²) in [6, 6.07) is 6.13. The summed E-state index contributed by atoms with van der Waals surface area (Å²) in [5.41, 5.74) is 0.656. The van der Waals surface area contributed by atoms with Crippen LogP contribution in [-0.4, -0.2) is 22.7 Å². The zero-order valence-electron chi connectivity index (χ0n) is 10.3. The van der Waals surface area contributed by atoms with Gasteiger partial charge in [-0.3, -0.25) is 0 Å². The van der Waals surface area contributed by atoms with E-state index in [2.05, 4.69) is 30.6 Å². The van der Waals surface area contributed by atoms with E-state index in [9.17, 15) is 13.6 Å². The van der Waals surface area contributed by atoms with Crippen molar-refractivity contribution in [2.45, 2.75) is 11.8 Å². The minimum absolute atomic E-state index is 0.0368. The van der Waals surface area contributed by atoms with Crippen LogP contribution in [0.15, 0.2) is 28.8 Å². The molecule has 0 bridgehead atoms. The van der Waals surface area contributed by atoms with Crippen molar-refractivity contribution in [2.24, 2.45) is 0 Å². The summed E-state index contributed by atoms with van der Waals surface area (Å²) in [7, 11) is 0. The number of hydrogen-bond donors (Lipinski definition) is 0. The number of aromatic nitrogens is 2. The second-order valence-electron chi connectivity index (χ2n) is 3.72. The Labute approximate surface area is 121 Å². The molecule has 2 aromatic rings. The molecule has 0 saturated heterocycles. The molecule has 0 aliphatic carbocycles. The van der Waals surface area contributed by atoms with Crippen LogP contribution in [0.4, 0.5) is 8.78 Å². The second-order valence-corrected chi connectivity index (χ2v) is 4.72. The SMILES string of the molecule is CCOC(=O)c1cccc(-c2noc(C(F)(F)Br)n2)c1. The normalized spacial score (nSPS) is 11.4. The van der Waals surface area contributed by atoms with Gasteiger partial charge in [-0.25, -0.2) is 4.79 Å². The molecule has 1 heterocycles. The highest BCUT2D eigenvalue weighted by molar-refractivity contribution is 9.09. The summed E-state index contributed by atoms with van der Waals surface area (Å²) in [5.74, 6) is -1.40. The lowest BCUT2D eigenvalue weighted by Gasteiger charge is -2.02. The van der Waals surface area contributed by atoms with Crippen molar-refractivity contribution < 1.29 is 22.8 Å². The molecular weight excluding hydrogens is 338 g/mol. The highest BCUT2D eigenvalue weighted by Crippen LogP contribution is 2.34. The number of ether oxygens (including phenoxy) is 1. The Kier molecular flexibility index (Phi) is 4.12. The van der Waals surface area contributed by atoms with Gasteiger partial charge >= 0.3 is 16.7 Å². The first-order valence-corrected chi connectivity index (χ1v) is 6.39. The summed E-state index contributed by atoms with van der Waals surface area (Å²) in [6.07, 6.45) is 0. The topological polar surface area (TPSA) is 65.2 Å². The molecule has 1 aromatic carbocycles. The van der Waals surface area contributed by atoms with E-state index in [1.54, 1.807) is 25.1 Å². The number of hydrogen-bond acceptors (Lipinski definition) is 5. The fraction of sp³-hybridized carbons (Fsp3) is 0.250. The number of carbonyl (C=O) groups excluding carboxylic acids is 1. The van der Waals surface area contributed by atoms with E-state index >= 15 is 0 Å². The van der Waals surface area contributed by atoms with Crippen molar-refractivity contribution in [3.05, 3.63) is 35.7 Å². The van der Waals surface area contributed by atoms with Crippen molar-refractivity contribution in [3.63, 3.8) is 0 Å². The lowest BCUT2D eigenvalue weighted by molar-refractivity contribution is 0.0526. The number of nitrogens with zero attached hydrogens (tertiary/aromatic N) is 2. The minimum atomic E-state index is -3.39. The molecule has 2 rings (SSSR count). The van der Waals surface area contributed by atoms with Gasteiger partial charge in [0.1, 0.15) is 0 Å². The van der Waals surface area contributed by atoms with E-state index in [1.807, 2.05) is 0 Å². The minimum Gasteiger partial charge on any atom is -0.462 e. The third kappa shape index (κ3) is 3.19. The molecule has 0 aliphatic rings. The van der Waals surface area contributed by atoms with Crippen molar-refractivity contribution in [2.75, 3.05) is 6.61 Å². The molecule has 0 atom stereocenters. The molecule has 106 valence electrons. The maximum atomic E-state index is 12.9. The van der Waals surface area contributed by atoms with E-state index < -0.39 is 16.7 Å². The fourth-order valence-corrected chi connectivity index (χ4v) is 1.62. The zero-order valence-corrected chi connectivity index (χ0v) is 11.9. The van der Waals surface area contributed by atoms with Crippen LogP contribution in [0.2, 0.25) is 0 Å². The molecule has 0 N–H and O–H groups in total. The molecule has 0 saturated carbocycles. The van der Waals surface area contributed by atoms with Gasteiger partial charge in [-0.05, 0) is 19.1 Å².